The summed E-state index contributed by atoms with van der Waals surface area (Å²) in [6, 6.07) is 0. The molecule has 0 rings (SSSR count). The van der Waals surface area contributed by atoms with E-state index in [9.17, 15) is 0 Å². The summed E-state index contributed by atoms with van der Waals surface area (Å²) in [6.07, 6.45) is 0. The number of aliphatic hydroxyl groups is 1. The molecule has 2 nitrogen and oxygen atoms in total. The van der Waals surface area contributed by atoms with Gasteiger partial charge in [-0.05, 0) is 18.8 Å². The summed E-state index contributed by atoms with van der Waals surface area (Å²) in [7, 11) is 0. The predicted octanol–water partition coefficient (Wildman–Crippen LogP) is 1.35. The van der Waals surface area contributed by atoms with E-state index in [1.807, 2.05) is 0 Å². The third-order valence-corrected chi connectivity index (χ3v) is 1.82. The lowest BCUT2D eigenvalue weighted by Gasteiger charge is -1.86. The second kappa shape index (κ2) is 16.7. The molecule has 2 N–H and O–H groups in total. The zero-order valence-corrected chi connectivity index (χ0v) is 8.71. The molecule has 0 fully saturated rings. The van der Waals surface area contributed by atoms with E-state index in [1.165, 1.54) is 0 Å². The molecule has 0 bridgehead atoms. The Kier molecular flexibility index (Phi) is 21.0. The molecule has 0 spiro atoms. The van der Waals surface area contributed by atoms with Crippen molar-refractivity contribution in [2.75, 3.05) is 31.2 Å². The standard InChI is InChI=1S/C4H11N.C4H10OS/c1-3-5-4-2;1-2-6-4-3-5/h5H,3-4H2,1-2H3;5H,2-4H2,1H3. The van der Waals surface area contributed by atoms with E-state index >= 15 is 0 Å². The van der Waals surface area contributed by atoms with Gasteiger partial charge in [-0.15, -0.1) is 0 Å². The Bertz CT molecular complexity index is 47.4. The predicted molar refractivity (Wildman–Crippen MR) is 54.3 cm³/mol. The van der Waals surface area contributed by atoms with E-state index in [2.05, 4.69) is 26.1 Å². The van der Waals surface area contributed by atoms with Crippen LogP contribution < -0.4 is 5.32 Å². The Morgan fingerprint density at radius 1 is 1.18 bits per heavy atom. The first-order valence-corrected chi connectivity index (χ1v) is 5.38. The second-order valence-electron chi connectivity index (χ2n) is 1.88. The average Bonchev–Trinajstić information content (AvgIpc) is 2.04. The van der Waals surface area contributed by atoms with Crippen LogP contribution in [0.15, 0.2) is 0 Å². The van der Waals surface area contributed by atoms with Gasteiger partial charge in [-0.1, -0.05) is 20.8 Å². The molecule has 0 aromatic carbocycles. The van der Waals surface area contributed by atoms with Gasteiger partial charge in [-0.2, -0.15) is 11.8 Å². The highest BCUT2D eigenvalue weighted by Gasteiger charge is 1.75. The first kappa shape index (κ1) is 13.8. The minimum Gasteiger partial charge on any atom is -0.396 e. The van der Waals surface area contributed by atoms with E-state index < -0.39 is 0 Å². The molecule has 0 aliphatic heterocycles. The maximum Gasteiger partial charge on any atom is 0.0521 e. The van der Waals surface area contributed by atoms with Gasteiger partial charge in [0.15, 0.2) is 0 Å². The SMILES string of the molecule is CCNCC.CCSCCO. The van der Waals surface area contributed by atoms with Crippen LogP contribution in [0.25, 0.3) is 0 Å². The van der Waals surface area contributed by atoms with Gasteiger partial charge in [-0.3, -0.25) is 0 Å². The zero-order chi connectivity index (χ0) is 8.95. The van der Waals surface area contributed by atoms with E-state index in [0.717, 1.165) is 24.6 Å². The number of rotatable bonds is 5. The van der Waals surface area contributed by atoms with Crippen molar-refractivity contribution in [1.82, 2.24) is 5.32 Å². The maximum atomic E-state index is 8.18. The Balaban J connectivity index is 0. The zero-order valence-electron chi connectivity index (χ0n) is 7.89. The minimum absolute atomic E-state index is 0.318. The van der Waals surface area contributed by atoms with Gasteiger partial charge in [0, 0.05) is 5.75 Å². The summed E-state index contributed by atoms with van der Waals surface area (Å²) in [6.45, 7) is 8.79. The number of nitrogens with one attached hydrogen (secondary N) is 1. The average molecular weight is 179 g/mol. The van der Waals surface area contributed by atoms with Crippen LogP contribution in [0, 0.1) is 0 Å². The summed E-state index contributed by atoms with van der Waals surface area (Å²) in [5, 5.41) is 11.3. The van der Waals surface area contributed by atoms with Crippen molar-refractivity contribution >= 4 is 11.8 Å². The monoisotopic (exact) mass is 179 g/mol. The highest BCUT2D eigenvalue weighted by molar-refractivity contribution is 7.99. The highest BCUT2D eigenvalue weighted by Crippen LogP contribution is 1.93. The van der Waals surface area contributed by atoms with Crippen molar-refractivity contribution in [3.63, 3.8) is 0 Å². The van der Waals surface area contributed by atoms with E-state index in [0.29, 0.717) is 6.61 Å². The fourth-order valence-electron chi connectivity index (χ4n) is 0.459. The van der Waals surface area contributed by atoms with E-state index in [1.54, 1.807) is 11.8 Å². The lowest BCUT2D eigenvalue weighted by atomic mass is 10.7. The van der Waals surface area contributed by atoms with Crippen LogP contribution in [-0.4, -0.2) is 36.3 Å². The first-order valence-electron chi connectivity index (χ1n) is 4.22. The van der Waals surface area contributed by atoms with Gasteiger partial charge < -0.3 is 10.4 Å². The molecule has 0 aromatic heterocycles. The minimum atomic E-state index is 0.318. The number of hydrogen-bond acceptors (Lipinski definition) is 3. The Morgan fingerprint density at radius 2 is 1.73 bits per heavy atom. The Labute approximate surface area is 74.8 Å². The van der Waals surface area contributed by atoms with Crippen LogP contribution in [0.2, 0.25) is 0 Å². The van der Waals surface area contributed by atoms with Crippen LogP contribution in [0.4, 0.5) is 0 Å². The fraction of sp³-hybridized carbons (Fsp3) is 1.00. The van der Waals surface area contributed by atoms with Gasteiger partial charge in [0.25, 0.3) is 0 Å². The van der Waals surface area contributed by atoms with Gasteiger partial charge in [0.2, 0.25) is 0 Å². The third-order valence-electron chi connectivity index (χ3n) is 0.940. The van der Waals surface area contributed by atoms with Crippen molar-refractivity contribution in [2.45, 2.75) is 20.8 Å². The molecule has 0 aliphatic carbocycles. The lowest BCUT2D eigenvalue weighted by molar-refractivity contribution is 0.322. The Hall–Kier alpha value is 0.270. The summed E-state index contributed by atoms with van der Waals surface area (Å²) < 4.78 is 0. The molecule has 3 heteroatoms. The van der Waals surface area contributed by atoms with Crippen molar-refractivity contribution < 1.29 is 5.11 Å². The molecule has 0 atom stereocenters. The summed E-state index contributed by atoms with van der Waals surface area (Å²) in [5.41, 5.74) is 0. The molecule has 0 unspecified atom stereocenters. The number of thioether (sulfide) groups is 1. The molecular weight excluding hydrogens is 158 g/mol. The lowest BCUT2D eigenvalue weighted by Crippen LogP contribution is -2.09. The third kappa shape index (κ3) is 25.3. The molecule has 0 aromatic rings. The van der Waals surface area contributed by atoms with Crippen LogP contribution in [0.5, 0.6) is 0 Å². The topological polar surface area (TPSA) is 32.3 Å². The largest absolute Gasteiger partial charge is 0.396 e. The Morgan fingerprint density at radius 3 is 1.82 bits per heavy atom. The van der Waals surface area contributed by atoms with Crippen LogP contribution in [0.1, 0.15) is 20.8 Å². The molecule has 11 heavy (non-hydrogen) atoms. The number of hydrogen-bond donors (Lipinski definition) is 2. The van der Waals surface area contributed by atoms with Crippen molar-refractivity contribution in [3.05, 3.63) is 0 Å². The molecule has 0 amide bonds. The first-order chi connectivity index (χ1) is 5.33. The van der Waals surface area contributed by atoms with E-state index in [-0.39, 0.29) is 0 Å². The quantitative estimate of drug-likeness (QED) is 0.625. The molecule has 0 saturated heterocycles. The van der Waals surface area contributed by atoms with E-state index in [4.69, 9.17) is 5.11 Å². The van der Waals surface area contributed by atoms with Gasteiger partial charge in [0.1, 0.15) is 0 Å². The van der Waals surface area contributed by atoms with Crippen LogP contribution in [-0.2, 0) is 0 Å². The smallest absolute Gasteiger partial charge is 0.0521 e. The van der Waals surface area contributed by atoms with Crippen molar-refractivity contribution in [3.8, 4) is 0 Å². The van der Waals surface area contributed by atoms with Gasteiger partial charge >= 0.3 is 0 Å². The summed E-state index contributed by atoms with van der Waals surface area (Å²) in [5.74, 6) is 2.00. The van der Waals surface area contributed by atoms with Crippen molar-refractivity contribution in [2.24, 2.45) is 0 Å². The van der Waals surface area contributed by atoms with Crippen LogP contribution in [0.3, 0.4) is 0 Å². The molecule has 0 heterocycles. The second-order valence-corrected chi connectivity index (χ2v) is 3.27. The highest BCUT2D eigenvalue weighted by atomic mass is 32.2. The molecule has 0 aliphatic rings. The molecule has 0 saturated carbocycles. The summed E-state index contributed by atoms with van der Waals surface area (Å²) in [4.78, 5) is 0. The summed E-state index contributed by atoms with van der Waals surface area (Å²) >= 11 is 1.76. The molecular formula is C8H21NOS. The van der Waals surface area contributed by atoms with Gasteiger partial charge in [-0.25, -0.2) is 0 Å². The maximum absolute atomic E-state index is 8.18. The van der Waals surface area contributed by atoms with Crippen LogP contribution >= 0.6 is 11.8 Å². The van der Waals surface area contributed by atoms with Gasteiger partial charge in [0.05, 0.1) is 6.61 Å². The fourth-order valence-corrected chi connectivity index (χ4v) is 0.877. The molecule has 0 radical (unpaired) electrons. The van der Waals surface area contributed by atoms with Crippen molar-refractivity contribution in [1.29, 1.82) is 0 Å². The normalized spacial score (nSPS) is 8.73. The number of aliphatic hydroxyl groups excluding tert-OH is 1. The molecule has 70 valence electrons.